The fraction of sp³-hybridized carbons (Fsp3) is 0.667. The van der Waals surface area contributed by atoms with Gasteiger partial charge in [-0.15, -0.1) is 0 Å². The van der Waals surface area contributed by atoms with E-state index in [0.717, 1.165) is 30.9 Å². The van der Waals surface area contributed by atoms with Gasteiger partial charge in [-0.2, -0.15) is 5.10 Å². The first-order chi connectivity index (χ1) is 8.00. The van der Waals surface area contributed by atoms with Crippen molar-refractivity contribution in [2.24, 2.45) is 0 Å². The first-order valence-corrected chi connectivity index (χ1v) is 6.01. The third-order valence-electron chi connectivity index (χ3n) is 3.27. The number of aromatic nitrogens is 2. The predicted molar refractivity (Wildman–Crippen MR) is 65.8 cm³/mol. The zero-order chi connectivity index (χ0) is 12.6. The highest BCUT2D eigenvalue weighted by Crippen LogP contribution is 2.19. The van der Waals surface area contributed by atoms with E-state index in [4.69, 9.17) is 0 Å². The summed E-state index contributed by atoms with van der Waals surface area (Å²) in [5, 5.41) is 4.30. The van der Waals surface area contributed by atoms with Crippen molar-refractivity contribution in [1.29, 1.82) is 0 Å². The Balaban J connectivity index is 2.28. The molecule has 5 nitrogen and oxygen atoms in total. The molecule has 17 heavy (non-hydrogen) atoms. The van der Waals surface area contributed by atoms with Crippen LogP contribution in [0.4, 0.5) is 0 Å². The van der Waals surface area contributed by atoms with E-state index < -0.39 is 0 Å². The molecule has 0 spiro atoms. The van der Waals surface area contributed by atoms with E-state index in [2.05, 4.69) is 23.8 Å². The highest BCUT2D eigenvalue weighted by Gasteiger charge is 2.25. The molecular weight excluding hydrogens is 216 g/mol. The lowest BCUT2D eigenvalue weighted by Crippen LogP contribution is -2.39. The van der Waals surface area contributed by atoms with Gasteiger partial charge < -0.3 is 4.90 Å². The number of hydrogen-bond donors (Lipinski definition) is 0. The molecule has 1 aromatic heterocycles. The van der Waals surface area contributed by atoms with Crippen LogP contribution in [0, 0.1) is 0 Å². The maximum atomic E-state index is 12.0. The first-order valence-electron chi connectivity index (χ1n) is 6.01. The van der Waals surface area contributed by atoms with Crippen LogP contribution in [-0.2, 0) is 13.1 Å². The molecule has 0 unspecified atom stereocenters. The zero-order valence-electron chi connectivity index (χ0n) is 11.0. The molecule has 0 aromatic carbocycles. The third-order valence-corrected chi connectivity index (χ3v) is 3.27. The summed E-state index contributed by atoms with van der Waals surface area (Å²) in [6, 6.07) is 0.501. The molecule has 0 fully saturated rings. The first kappa shape index (κ1) is 12.1. The van der Waals surface area contributed by atoms with E-state index in [0.29, 0.717) is 6.04 Å². The van der Waals surface area contributed by atoms with Crippen molar-refractivity contribution in [1.82, 2.24) is 19.6 Å². The van der Waals surface area contributed by atoms with Gasteiger partial charge in [-0.05, 0) is 13.8 Å². The van der Waals surface area contributed by atoms with Crippen LogP contribution in [0.3, 0.4) is 0 Å². The summed E-state index contributed by atoms with van der Waals surface area (Å²) >= 11 is 0. The molecule has 1 aromatic rings. The highest BCUT2D eigenvalue weighted by molar-refractivity contribution is 5.94. The Labute approximate surface area is 102 Å². The van der Waals surface area contributed by atoms with Gasteiger partial charge in [0.05, 0.1) is 24.0 Å². The molecule has 5 heteroatoms. The summed E-state index contributed by atoms with van der Waals surface area (Å²) in [5.41, 5.74) is 1.78. The second-order valence-electron chi connectivity index (χ2n) is 4.99. The minimum absolute atomic E-state index is 0.0388. The minimum atomic E-state index is 0.0388. The van der Waals surface area contributed by atoms with Crippen molar-refractivity contribution in [2.45, 2.75) is 33.0 Å². The lowest BCUT2D eigenvalue weighted by Gasteiger charge is -2.31. The predicted octanol–water partition coefficient (Wildman–Crippen LogP) is 0.809. The molecule has 0 atom stereocenters. The van der Waals surface area contributed by atoms with Gasteiger partial charge in [0.2, 0.25) is 0 Å². The number of rotatable bonds is 2. The number of carbonyl (C=O) groups excluding carboxylic acids is 1. The van der Waals surface area contributed by atoms with Crippen LogP contribution in [-0.4, -0.2) is 52.2 Å². The second-order valence-corrected chi connectivity index (χ2v) is 4.99. The molecule has 1 aliphatic heterocycles. The van der Waals surface area contributed by atoms with Gasteiger partial charge in [0.1, 0.15) is 0 Å². The molecule has 2 rings (SSSR count). The van der Waals surface area contributed by atoms with Crippen LogP contribution in [0.2, 0.25) is 0 Å². The van der Waals surface area contributed by atoms with Crippen LogP contribution in [0.15, 0.2) is 6.20 Å². The van der Waals surface area contributed by atoms with Gasteiger partial charge in [-0.25, -0.2) is 0 Å². The van der Waals surface area contributed by atoms with Crippen molar-refractivity contribution in [3.8, 4) is 0 Å². The normalized spacial score (nSPS) is 16.1. The van der Waals surface area contributed by atoms with Crippen molar-refractivity contribution in [3.05, 3.63) is 17.5 Å². The van der Waals surface area contributed by atoms with Gasteiger partial charge in [0.15, 0.2) is 0 Å². The third kappa shape index (κ3) is 2.20. The van der Waals surface area contributed by atoms with E-state index in [1.165, 1.54) is 0 Å². The maximum Gasteiger partial charge on any atom is 0.256 e. The number of amides is 1. The summed E-state index contributed by atoms with van der Waals surface area (Å²) in [4.78, 5) is 16.0. The highest BCUT2D eigenvalue weighted by atomic mass is 16.2. The van der Waals surface area contributed by atoms with E-state index in [-0.39, 0.29) is 5.91 Å². The van der Waals surface area contributed by atoms with Crippen LogP contribution >= 0.6 is 0 Å². The summed E-state index contributed by atoms with van der Waals surface area (Å²) in [5.74, 6) is 0.0388. The van der Waals surface area contributed by atoms with Crippen LogP contribution in [0.25, 0.3) is 0 Å². The molecular formula is C12H20N4O. The number of nitrogens with zero attached hydrogens (tertiary/aromatic N) is 4. The average molecular weight is 236 g/mol. The molecule has 94 valence electrons. The quantitative estimate of drug-likeness (QED) is 0.763. The Morgan fingerprint density at radius 2 is 2.12 bits per heavy atom. The van der Waals surface area contributed by atoms with Crippen LogP contribution in [0.1, 0.15) is 29.9 Å². The number of carbonyl (C=O) groups is 1. The molecule has 0 aliphatic carbocycles. The molecule has 1 amide bonds. The maximum absolute atomic E-state index is 12.0. The molecule has 1 aliphatic rings. The van der Waals surface area contributed by atoms with Crippen LogP contribution in [0.5, 0.6) is 0 Å². The molecule has 0 bridgehead atoms. The van der Waals surface area contributed by atoms with Gasteiger partial charge in [0.25, 0.3) is 5.91 Å². The fourth-order valence-corrected chi connectivity index (χ4v) is 2.13. The Morgan fingerprint density at radius 1 is 1.41 bits per heavy atom. The van der Waals surface area contributed by atoms with Crippen molar-refractivity contribution < 1.29 is 4.79 Å². The number of fused-ring (bicyclic) bond motifs is 1. The summed E-state index contributed by atoms with van der Waals surface area (Å²) < 4.78 is 1.95. The molecule has 0 N–H and O–H groups in total. The fourth-order valence-electron chi connectivity index (χ4n) is 2.13. The van der Waals surface area contributed by atoms with Crippen molar-refractivity contribution in [2.75, 3.05) is 20.6 Å². The average Bonchev–Trinajstić information content (AvgIpc) is 2.70. The molecule has 0 radical (unpaired) electrons. The lowest BCUT2D eigenvalue weighted by atomic mass is 10.1. The minimum Gasteiger partial charge on any atom is -0.345 e. The molecule has 2 heterocycles. The van der Waals surface area contributed by atoms with Gasteiger partial charge in [-0.3, -0.25) is 14.4 Å². The van der Waals surface area contributed by atoms with E-state index in [1.807, 2.05) is 4.68 Å². The summed E-state index contributed by atoms with van der Waals surface area (Å²) in [6.45, 7) is 7.04. The topological polar surface area (TPSA) is 41.4 Å². The van der Waals surface area contributed by atoms with E-state index in [1.54, 1.807) is 25.2 Å². The van der Waals surface area contributed by atoms with E-state index >= 15 is 0 Å². The Bertz CT molecular complexity index is 422. The Kier molecular flexibility index (Phi) is 3.19. The second kappa shape index (κ2) is 4.49. The van der Waals surface area contributed by atoms with Gasteiger partial charge in [0, 0.05) is 33.2 Å². The SMILES string of the molecule is CC(C)N1CCn2ncc(C(=O)N(C)C)c2C1. The van der Waals surface area contributed by atoms with Crippen molar-refractivity contribution >= 4 is 5.91 Å². The Morgan fingerprint density at radius 3 is 2.71 bits per heavy atom. The largest absolute Gasteiger partial charge is 0.345 e. The zero-order valence-corrected chi connectivity index (χ0v) is 11.0. The van der Waals surface area contributed by atoms with Gasteiger partial charge >= 0.3 is 0 Å². The monoisotopic (exact) mass is 236 g/mol. The molecule has 0 saturated carbocycles. The van der Waals surface area contributed by atoms with Crippen molar-refractivity contribution in [3.63, 3.8) is 0 Å². The van der Waals surface area contributed by atoms with E-state index in [9.17, 15) is 4.79 Å². The van der Waals surface area contributed by atoms with Gasteiger partial charge in [-0.1, -0.05) is 0 Å². The lowest BCUT2D eigenvalue weighted by molar-refractivity contribution is 0.0822. The standard InChI is InChI=1S/C12H20N4O/c1-9(2)15-5-6-16-11(8-15)10(7-13-16)12(17)14(3)4/h7,9H,5-6,8H2,1-4H3. The van der Waals surface area contributed by atoms with Crippen LogP contribution < -0.4 is 0 Å². The smallest absolute Gasteiger partial charge is 0.256 e. The Hall–Kier alpha value is -1.36. The summed E-state index contributed by atoms with van der Waals surface area (Å²) in [7, 11) is 3.55. The number of hydrogen-bond acceptors (Lipinski definition) is 3. The summed E-state index contributed by atoms with van der Waals surface area (Å²) in [6.07, 6.45) is 1.70. The molecule has 0 saturated heterocycles.